The summed E-state index contributed by atoms with van der Waals surface area (Å²) in [4.78, 5) is 0. The van der Waals surface area contributed by atoms with Gasteiger partial charge in [-0.05, 0) is 23.6 Å². The Labute approximate surface area is 172 Å². The summed E-state index contributed by atoms with van der Waals surface area (Å²) in [6.45, 7) is 1.91. The average Bonchev–Trinajstić information content (AvgIpc) is 2.77. The molecule has 0 spiro atoms. The molecule has 4 rings (SSSR count). The molecule has 4 aromatic rings. The summed E-state index contributed by atoms with van der Waals surface area (Å²) >= 11 is 0. The zero-order valence-electron chi connectivity index (χ0n) is 16.7. The fourth-order valence-corrected chi connectivity index (χ4v) is 3.94. The Morgan fingerprint density at radius 2 is 1.21 bits per heavy atom. The number of benzene rings is 4. The van der Waals surface area contributed by atoms with Gasteiger partial charge in [0, 0.05) is 22.6 Å². The van der Waals surface area contributed by atoms with Crippen molar-refractivity contribution in [3.05, 3.63) is 119 Å². The molecule has 2 heteroatoms. The van der Waals surface area contributed by atoms with Crippen LogP contribution in [0.25, 0.3) is 11.1 Å². The first kappa shape index (κ1) is 18.8. The lowest BCUT2D eigenvalue weighted by Gasteiger charge is -2.23. The predicted octanol–water partition coefficient (Wildman–Crippen LogP) is 6.56. The predicted molar refractivity (Wildman–Crippen MR) is 119 cm³/mol. The number of methoxy groups -OCH3 is 1. The molecule has 0 aliphatic heterocycles. The molecule has 4 aromatic carbocycles. The van der Waals surface area contributed by atoms with Crippen molar-refractivity contribution in [1.29, 1.82) is 0 Å². The molecule has 0 heterocycles. The maximum atomic E-state index is 10.7. The summed E-state index contributed by atoms with van der Waals surface area (Å²) in [5, 5.41) is 10.7. The van der Waals surface area contributed by atoms with Gasteiger partial charge < -0.3 is 9.84 Å². The first-order valence-corrected chi connectivity index (χ1v) is 9.76. The second-order valence-corrected chi connectivity index (χ2v) is 7.15. The maximum absolute atomic E-state index is 10.7. The molecule has 0 aliphatic carbocycles. The number of para-hydroxylation sites is 2. The van der Waals surface area contributed by atoms with Gasteiger partial charge in [0.1, 0.15) is 11.5 Å². The van der Waals surface area contributed by atoms with E-state index in [9.17, 15) is 5.11 Å². The fraction of sp³-hybridized carbons (Fsp3) is 0.111. The van der Waals surface area contributed by atoms with Crippen LogP contribution in [-0.2, 0) is 0 Å². The number of aromatic hydroxyl groups is 1. The Hall–Kier alpha value is -3.52. The van der Waals surface area contributed by atoms with E-state index in [0.29, 0.717) is 5.75 Å². The van der Waals surface area contributed by atoms with Crippen molar-refractivity contribution in [2.24, 2.45) is 0 Å². The summed E-state index contributed by atoms with van der Waals surface area (Å²) < 4.78 is 5.94. The number of ether oxygens (including phenoxy) is 1. The molecule has 0 radical (unpaired) electrons. The van der Waals surface area contributed by atoms with Crippen LogP contribution in [-0.4, -0.2) is 12.2 Å². The van der Waals surface area contributed by atoms with E-state index >= 15 is 0 Å². The lowest BCUT2D eigenvalue weighted by atomic mass is 9.83. The van der Waals surface area contributed by atoms with Crippen molar-refractivity contribution in [3.8, 4) is 22.6 Å². The third-order valence-corrected chi connectivity index (χ3v) is 5.35. The first-order valence-electron chi connectivity index (χ1n) is 9.76. The van der Waals surface area contributed by atoms with E-state index in [-0.39, 0.29) is 5.92 Å². The van der Waals surface area contributed by atoms with E-state index in [1.807, 2.05) is 49.4 Å². The zero-order valence-corrected chi connectivity index (χ0v) is 16.7. The minimum absolute atomic E-state index is 0.0271. The molecular weight excluding hydrogens is 356 g/mol. The Morgan fingerprint density at radius 3 is 1.79 bits per heavy atom. The molecule has 2 nitrogen and oxygen atoms in total. The molecule has 29 heavy (non-hydrogen) atoms. The highest BCUT2D eigenvalue weighted by Crippen LogP contribution is 2.44. The summed E-state index contributed by atoms with van der Waals surface area (Å²) in [6.07, 6.45) is 0. The van der Waals surface area contributed by atoms with Crippen molar-refractivity contribution in [2.45, 2.75) is 12.8 Å². The van der Waals surface area contributed by atoms with Gasteiger partial charge in [0.25, 0.3) is 0 Å². The molecule has 0 atom stereocenters. The van der Waals surface area contributed by atoms with E-state index in [1.165, 1.54) is 11.1 Å². The van der Waals surface area contributed by atoms with Crippen molar-refractivity contribution in [2.75, 3.05) is 7.11 Å². The second-order valence-electron chi connectivity index (χ2n) is 7.15. The van der Waals surface area contributed by atoms with Crippen LogP contribution in [0.3, 0.4) is 0 Å². The fourth-order valence-electron chi connectivity index (χ4n) is 3.94. The highest BCUT2D eigenvalue weighted by molar-refractivity contribution is 5.78. The molecule has 1 N–H and O–H groups in total. The van der Waals surface area contributed by atoms with Crippen molar-refractivity contribution < 1.29 is 9.84 Å². The van der Waals surface area contributed by atoms with Gasteiger partial charge in [0.05, 0.1) is 7.11 Å². The average molecular weight is 380 g/mol. The number of hydrogen-bond acceptors (Lipinski definition) is 2. The minimum Gasteiger partial charge on any atom is -0.507 e. The maximum Gasteiger partial charge on any atom is 0.130 e. The number of phenols is 1. The normalized spacial score (nSPS) is 10.9. The van der Waals surface area contributed by atoms with Crippen LogP contribution in [0.1, 0.15) is 28.2 Å². The molecular formula is C27H24O2. The molecule has 0 aromatic heterocycles. The van der Waals surface area contributed by atoms with Gasteiger partial charge in [-0.2, -0.15) is 0 Å². The zero-order chi connectivity index (χ0) is 20.2. The van der Waals surface area contributed by atoms with E-state index < -0.39 is 0 Å². The Balaban J connectivity index is 1.96. The summed E-state index contributed by atoms with van der Waals surface area (Å²) in [5.74, 6) is 1.10. The van der Waals surface area contributed by atoms with Crippen LogP contribution in [0.5, 0.6) is 11.5 Å². The van der Waals surface area contributed by atoms with E-state index in [4.69, 9.17) is 4.74 Å². The van der Waals surface area contributed by atoms with Crippen molar-refractivity contribution in [3.63, 3.8) is 0 Å². The number of hydrogen-bond donors (Lipinski definition) is 1. The van der Waals surface area contributed by atoms with Crippen LogP contribution < -0.4 is 4.74 Å². The van der Waals surface area contributed by atoms with Gasteiger partial charge in [-0.1, -0.05) is 97.1 Å². The third-order valence-electron chi connectivity index (χ3n) is 5.35. The van der Waals surface area contributed by atoms with Gasteiger partial charge in [-0.25, -0.2) is 0 Å². The molecule has 0 unspecified atom stereocenters. The Kier molecular flexibility index (Phi) is 5.35. The van der Waals surface area contributed by atoms with E-state index in [2.05, 4.69) is 54.6 Å². The molecule has 0 fully saturated rings. The van der Waals surface area contributed by atoms with Crippen LogP contribution in [0.4, 0.5) is 0 Å². The first-order chi connectivity index (χ1) is 14.2. The molecule has 0 amide bonds. The Morgan fingerprint density at radius 1 is 0.655 bits per heavy atom. The Bertz CT molecular complexity index is 1060. The van der Waals surface area contributed by atoms with E-state index in [0.717, 1.165) is 28.0 Å². The lowest BCUT2D eigenvalue weighted by Crippen LogP contribution is -2.06. The smallest absolute Gasteiger partial charge is 0.130 e. The van der Waals surface area contributed by atoms with Gasteiger partial charge in [0.15, 0.2) is 0 Å². The van der Waals surface area contributed by atoms with Crippen molar-refractivity contribution in [1.82, 2.24) is 0 Å². The summed E-state index contributed by atoms with van der Waals surface area (Å²) in [6, 6.07) is 32.9. The number of rotatable bonds is 5. The van der Waals surface area contributed by atoms with Crippen LogP contribution in [0.15, 0.2) is 97.1 Å². The quantitative estimate of drug-likeness (QED) is 0.398. The number of aryl methyl sites for hydroxylation is 1. The topological polar surface area (TPSA) is 29.5 Å². The molecule has 0 bridgehead atoms. The third kappa shape index (κ3) is 3.62. The van der Waals surface area contributed by atoms with Gasteiger partial charge >= 0.3 is 0 Å². The highest BCUT2D eigenvalue weighted by Gasteiger charge is 2.23. The van der Waals surface area contributed by atoms with E-state index in [1.54, 1.807) is 7.11 Å². The summed E-state index contributed by atoms with van der Waals surface area (Å²) in [7, 11) is 1.70. The van der Waals surface area contributed by atoms with Gasteiger partial charge in [0.2, 0.25) is 0 Å². The lowest BCUT2D eigenvalue weighted by molar-refractivity contribution is 0.410. The minimum atomic E-state index is 0.0271. The standard InChI is InChI=1S/C27H24O2/c1-19-11-9-16-22(26(19)28)23-17-10-18-24(27(23)29-2)25(20-12-5-3-6-13-20)21-14-7-4-8-15-21/h3-18,25,28H,1-2H3. The summed E-state index contributed by atoms with van der Waals surface area (Å²) in [5.41, 5.74) is 5.98. The molecule has 144 valence electrons. The SMILES string of the molecule is COc1c(-c2cccc(C)c2O)cccc1C(c1ccccc1)c1ccccc1. The monoisotopic (exact) mass is 380 g/mol. The van der Waals surface area contributed by atoms with Crippen molar-refractivity contribution >= 4 is 0 Å². The molecule has 0 saturated carbocycles. The van der Waals surface area contributed by atoms with Crippen LogP contribution in [0, 0.1) is 6.92 Å². The highest BCUT2D eigenvalue weighted by atomic mass is 16.5. The largest absolute Gasteiger partial charge is 0.507 e. The second kappa shape index (κ2) is 8.24. The van der Waals surface area contributed by atoms with Gasteiger partial charge in [-0.3, -0.25) is 0 Å². The van der Waals surface area contributed by atoms with Crippen LogP contribution >= 0.6 is 0 Å². The van der Waals surface area contributed by atoms with Crippen LogP contribution in [0.2, 0.25) is 0 Å². The number of phenolic OH excluding ortho intramolecular Hbond substituents is 1. The molecule has 0 saturated heterocycles. The molecule has 0 aliphatic rings. The van der Waals surface area contributed by atoms with Gasteiger partial charge in [-0.15, -0.1) is 0 Å².